The molecule has 0 radical (unpaired) electrons. The van der Waals surface area contributed by atoms with Gasteiger partial charge in [-0.25, -0.2) is 9.59 Å². The number of rotatable bonds is 7. The van der Waals surface area contributed by atoms with E-state index < -0.39 is 54.8 Å². The topological polar surface area (TPSA) is 153 Å². The van der Waals surface area contributed by atoms with Gasteiger partial charge in [0.05, 0.1) is 19.3 Å². The number of aliphatic hydroxyl groups excluding tert-OH is 1. The van der Waals surface area contributed by atoms with Crippen molar-refractivity contribution in [1.82, 2.24) is 15.5 Å². The number of morpholine rings is 1. The Bertz CT molecular complexity index is 1040. The Labute approximate surface area is 252 Å². The van der Waals surface area contributed by atoms with Crippen LogP contribution < -0.4 is 10.6 Å². The van der Waals surface area contributed by atoms with Crippen molar-refractivity contribution in [3.05, 3.63) is 35.9 Å². The van der Waals surface area contributed by atoms with Crippen molar-refractivity contribution in [1.29, 1.82) is 0 Å². The Morgan fingerprint density at radius 3 is 2.51 bits per heavy atom. The van der Waals surface area contributed by atoms with E-state index in [1.165, 1.54) is 0 Å². The Morgan fingerprint density at radius 1 is 1.02 bits per heavy atom. The summed E-state index contributed by atoms with van der Waals surface area (Å²) in [6.07, 6.45) is 3.26. The maximum Gasteiger partial charge on any atom is 0.408 e. The van der Waals surface area contributed by atoms with Crippen LogP contribution in [0.3, 0.4) is 0 Å². The van der Waals surface area contributed by atoms with Crippen LogP contribution in [0, 0.1) is 5.92 Å². The molecular weight excluding hydrogens is 558 g/mol. The lowest BCUT2D eigenvalue weighted by Gasteiger charge is -2.33. The van der Waals surface area contributed by atoms with E-state index in [4.69, 9.17) is 18.9 Å². The van der Waals surface area contributed by atoms with Gasteiger partial charge in [-0.15, -0.1) is 0 Å². The van der Waals surface area contributed by atoms with Gasteiger partial charge in [0.1, 0.15) is 25.4 Å². The third-order valence-corrected chi connectivity index (χ3v) is 8.25. The number of cyclic esters (lactones) is 2. The first-order valence-electron chi connectivity index (χ1n) is 15.5. The predicted molar refractivity (Wildman–Crippen MR) is 155 cm³/mol. The summed E-state index contributed by atoms with van der Waals surface area (Å²) < 4.78 is 21.9. The summed E-state index contributed by atoms with van der Waals surface area (Å²) in [6.45, 7) is 2.58. The van der Waals surface area contributed by atoms with Crippen molar-refractivity contribution in [2.24, 2.45) is 5.92 Å². The second-order valence-electron chi connectivity index (χ2n) is 11.6. The van der Waals surface area contributed by atoms with Crippen molar-refractivity contribution < 1.29 is 43.2 Å². The highest BCUT2D eigenvalue weighted by atomic mass is 16.6. The molecule has 1 aromatic rings. The largest absolute Gasteiger partial charge is 0.463 e. The van der Waals surface area contributed by atoms with Gasteiger partial charge < -0.3 is 34.7 Å². The molecule has 2 amide bonds. The van der Waals surface area contributed by atoms with Gasteiger partial charge in [-0.05, 0) is 30.7 Å². The Balaban J connectivity index is 1.46. The quantitative estimate of drug-likeness (QED) is 0.312. The summed E-state index contributed by atoms with van der Waals surface area (Å²) in [7, 11) is 0. The van der Waals surface area contributed by atoms with Crippen LogP contribution in [0.5, 0.6) is 0 Å². The number of esters is 2. The number of ether oxygens (including phenoxy) is 4. The summed E-state index contributed by atoms with van der Waals surface area (Å²) in [5, 5.41) is 16.5. The molecule has 0 aromatic heterocycles. The van der Waals surface area contributed by atoms with Crippen LogP contribution in [0.4, 0.5) is 4.79 Å². The normalized spacial score (nSPS) is 27.2. The summed E-state index contributed by atoms with van der Waals surface area (Å²) in [5.41, 5.74) is 0.764. The van der Waals surface area contributed by atoms with Gasteiger partial charge in [0.15, 0.2) is 6.10 Å². The van der Waals surface area contributed by atoms with Crippen molar-refractivity contribution >= 4 is 23.9 Å². The Kier molecular flexibility index (Phi) is 13.1. The molecule has 0 bridgehead atoms. The molecule has 0 spiro atoms. The molecule has 1 saturated carbocycles. The lowest BCUT2D eigenvalue weighted by atomic mass is 9.83. The highest BCUT2D eigenvalue weighted by Crippen LogP contribution is 2.28. The second kappa shape index (κ2) is 17.2. The third-order valence-electron chi connectivity index (χ3n) is 8.25. The van der Waals surface area contributed by atoms with Crippen molar-refractivity contribution in [2.75, 3.05) is 39.5 Å². The molecule has 3 fully saturated rings. The minimum Gasteiger partial charge on any atom is -0.463 e. The fourth-order valence-electron chi connectivity index (χ4n) is 5.80. The number of carbonyl (C=O) groups excluding carboxylic acids is 4. The number of carbonyl (C=O) groups is 4. The van der Waals surface area contributed by atoms with Gasteiger partial charge in [-0.1, -0.05) is 62.4 Å². The van der Waals surface area contributed by atoms with E-state index in [0.717, 1.165) is 37.7 Å². The third kappa shape index (κ3) is 11.1. The lowest BCUT2D eigenvalue weighted by molar-refractivity contribution is -0.163. The molecule has 12 heteroatoms. The minimum absolute atomic E-state index is 0.0126. The molecule has 3 aliphatic rings. The zero-order chi connectivity index (χ0) is 30.4. The number of nitrogens with one attached hydrogen (secondary N) is 2. The van der Waals surface area contributed by atoms with Crippen molar-refractivity contribution in [3.8, 4) is 0 Å². The van der Waals surface area contributed by atoms with Crippen LogP contribution in [0.15, 0.2) is 30.3 Å². The monoisotopic (exact) mass is 603 g/mol. The van der Waals surface area contributed by atoms with Gasteiger partial charge >= 0.3 is 18.0 Å². The van der Waals surface area contributed by atoms with Gasteiger partial charge in [0.25, 0.3) is 0 Å². The van der Waals surface area contributed by atoms with Gasteiger partial charge in [0.2, 0.25) is 5.91 Å². The fraction of sp³-hybridized carbons (Fsp3) is 0.677. The number of nitrogens with zero attached hydrogens (tertiary/aromatic N) is 1. The predicted octanol–water partition coefficient (Wildman–Crippen LogP) is 2.07. The number of benzene rings is 1. The smallest absolute Gasteiger partial charge is 0.408 e. The minimum atomic E-state index is -1.60. The summed E-state index contributed by atoms with van der Waals surface area (Å²) in [4.78, 5) is 54.1. The summed E-state index contributed by atoms with van der Waals surface area (Å²) in [6, 6.07) is 6.83. The average molecular weight is 604 g/mol. The first-order chi connectivity index (χ1) is 20.9. The number of hydrogen-bond acceptors (Lipinski definition) is 10. The second-order valence-corrected chi connectivity index (χ2v) is 11.6. The zero-order valence-electron chi connectivity index (χ0n) is 24.7. The standard InChI is InChI=1S/C31H45N3O9/c35-27-13-7-12-24(19-34-14-16-40-17-15-34)43-30(38)28(36)25(18-22-8-3-1-4-9-22)32-29(37)26(21-41-27)33-31(39)42-20-23-10-5-2-6-11-23/h2,5-6,10-11,22,24-26,28,36H,1,3-4,7-9,12-21H2,(H,32,37)(H,33,39)/t24?,25-,26?,28+/m0/s1. The van der Waals surface area contributed by atoms with Crippen LogP contribution >= 0.6 is 0 Å². The van der Waals surface area contributed by atoms with Crippen molar-refractivity contribution in [3.63, 3.8) is 0 Å². The van der Waals surface area contributed by atoms with E-state index in [1.54, 1.807) is 12.1 Å². The molecule has 43 heavy (non-hydrogen) atoms. The molecule has 3 N–H and O–H groups in total. The Hall–Kier alpha value is -3.22. The van der Waals surface area contributed by atoms with Crippen LogP contribution in [0.1, 0.15) is 63.4 Å². The molecule has 12 nitrogen and oxygen atoms in total. The molecule has 1 aromatic carbocycles. The van der Waals surface area contributed by atoms with E-state index in [9.17, 15) is 24.3 Å². The first kappa shape index (κ1) is 32.7. The molecule has 2 heterocycles. The summed E-state index contributed by atoms with van der Waals surface area (Å²) >= 11 is 0. The molecule has 4 rings (SSSR count). The lowest BCUT2D eigenvalue weighted by Crippen LogP contribution is -2.56. The Morgan fingerprint density at radius 2 is 1.77 bits per heavy atom. The zero-order valence-corrected chi connectivity index (χ0v) is 24.7. The molecule has 1 aliphatic carbocycles. The summed E-state index contributed by atoms with van der Waals surface area (Å²) in [5.74, 6) is -1.83. The molecule has 238 valence electrons. The van der Waals surface area contributed by atoms with Crippen molar-refractivity contribution in [2.45, 2.75) is 88.7 Å². The fourth-order valence-corrected chi connectivity index (χ4v) is 5.80. The highest BCUT2D eigenvalue weighted by molar-refractivity contribution is 5.87. The van der Waals surface area contributed by atoms with Gasteiger partial charge in [-0.3, -0.25) is 14.5 Å². The molecule has 2 unspecified atom stereocenters. The maximum atomic E-state index is 13.5. The number of hydrogen-bond donors (Lipinski definition) is 3. The number of amides is 2. The molecular formula is C31H45N3O9. The maximum absolute atomic E-state index is 13.5. The number of aliphatic hydroxyl groups is 1. The van der Waals surface area contributed by atoms with E-state index in [0.29, 0.717) is 52.1 Å². The molecule has 2 aliphatic heterocycles. The first-order valence-corrected chi connectivity index (χ1v) is 15.5. The average Bonchev–Trinajstić information content (AvgIpc) is 3.02. The van der Waals surface area contributed by atoms with Gasteiger partial charge in [-0.2, -0.15) is 0 Å². The molecule has 2 saturated heterocycles. The van der Waals surface area contributed by atoms with Gasteiger partial charge in [0, 0.05) is 26.1 Å². The number of alkyl carbamates (subject to hydrolysis) is 1. The van der Waals surface area contributed by atoms with E-state index in [-0.39, 0.29) is 18.9 Å². The SMILES string of the molecule is O=C1CCCC(CN2CCOCC2)OC(=O)[C@H](O)[C@H](CC2CCCCC2)NC(=O)C(NC(=O)OCc2ccccc2)CO1. The van der Waals surface area contributed by atoms with Crippen LogP contribution in [0.25, 0.3) is 0 Å². The molecule has 4 atom stereocenters. The van der Waals surface area contributed by atoms with Crippen LogP contribution in [0.2, 0.25) is 0 Å². The van der Waals surface area contributed by atoms with Crippen LogP contribution in [-0.4, -0.2) is 97.7 Å². The van der Waals surface area contributed by atoms with E-state index >= 15 is 0 Å². The van der Waals surface area contributed by atoms with E-state index in [1.807, 2.05) is 18.2 Å². The van der Waals surface area contributed by atoms with Crippen LogP contribution in [-0.2, 0) is 39.9 Å². The van der Waals surface area contributed by atoms with E-state index in [2.05, 4.69) is 15.5 Å². The highest BCUT2D eigenvalue weighted by Gasteiger charge is 2.36.